The molecule has 3 aromatic rings. The van der Waals surface area contributed by atoms with Gasteiger partial charge in [-0.3, -0.25) is 0 Å². The van der Waals surface area contributed by atoms with E-state index in [2.05, 4.69) is 37.3 Å². The summed E-state index contributed by atoms with van der Waals surface area (Å²) in [6, 6.07) is 24.7. The molecule has 3 rings (SSSR count). The molecule has 0 amide bonds. The molecule has 0 aliphatic heterocycles. The average Bonchev–Trinajstić information content (AvgIpc) is 2.56. The Morgan fingerprint density at radius 2 is 1.23 bits per heavy atom. The topological polar surface area (TPSA) is 20.2 Å². The molecular weight excluding hydrogens is 268 g/mol. The molecule has 1 heteroatoms. The van der Waals surface area contributed by atoms with Gasteiger partial charge in [0.2, 0.25) is 0 Å². The van der Waals surface area contributed by atoms with Crippen LogP contribution in [0.15, 0.2) is 72.8 Å². The van der Waals surface area contributed by atoms with Gasteiger partial charge < -0.3 is 5.11 Å². The van der Waals surface area contributed by atoms with Crippen LogP contribution >= 0.6 is 0 Å². The first-order valence-electron chi connectivity index (χ1n) is 7.62. The molecular formula is C21H20O. The van der Waals surface area contributed by atoms with E-state index >= 15 is 0 Å². The minimum absolute atomic E-state index is 0.438. The minimum atomic E-state index is 0.438. The second kappa shape index (κ2) is 6.48. The highest BCUT2D eigenvalue weighted by molar-refractivity contribution is 5.49. The first kappa shape index (κ1) is 14.4. The number of hydrogen-bond acceptors (Lipinski definition) is 1. The molecule has 0 spiro atoms. The van der Waals surface area contributed by atoms with E-state index in [-0.39, 0.29) is 0 Å². The molecule has 0 saturated heterocycles. The largest absolute Gasteiger partial charge is 0.507 e. The van der Waals surface area contributed by atoms with E-state index in [1.807, 2.05) is 42.5 Å². The van der Waals surface area contributed by atoms with E-state index in [4.69, 9.17) is 0 Å². The van der Waals surface area contributed by atoms with Crippen molar-refractivity contribution in [3.8, 4) is 5.75 Å². The number of rotatable bonds is 4. The van der Waals surface area contributed by atoms with E-state index in [0.717, 1.165) is 29.5 Å². The van der Waals surface area contributed by atoms with Crippen molar-refractivity contribution in [1.29, 1.82) is 0 Å². The van der Waals surface area contributed by atoms with Crippen LogP contribution in [0.25, 0.3) is 0 Å². The fraction of sp³-hybridized carbons (Fsp3) is 0.143. The van der Waals surface area contributed by atoms with Crippen molar-refractivity contribution in [2.45, 2.75) is 19.8 Å². The van der Waals surface area contributed by atoms with E-state index in [1.165, 1.54) is 11.1 Å². The summed E-state index contributed by atoms with van der Waals surface area (Å²) in [6.07, 6.45) is 1.52. The van der Waals surface area contributed by atoms with Gasteiger partial charge in [-0.15, -0.1) is 0 Å². The van der Waals surface area contributed by atoms with Crippen LogP contribution in [0.2, 0.25) is 0 Å². The Morgan fingerprint density at radius 3 is 1.82 bits per heavy atom. The van der Waals surface area contributed by atoms with Crippen LogP contribution in [-0.4, -0.2) is 5.11 Å². The summed E-state index contributed by atoms with van der Waals surface area (Å²) in [5.41, 5.74) is 5.59. The van der Waals surface area contributed by atoms with Crippen molar-refractivity contribution in [1.82, 2.24) is 0 Å². The van der Waals surface area contributed by atoms with Crippen molar-refractivity contribution < 1.29 is 5.11 Å². The summed E-state index contributed by atoms with van der Waals surface area (Å²) in [5.74, 6) is 0.438. The maximum Gasteiger partial charge on any atom is 0.122 e. The van der Waals surface area contributed by atoms with Crippen LogP contribution in [0, 0.1) is 6.92 Å². The lowest BCUT2D eigenvalue weighted by Gasteiger charge is -2.13. The molecule has 1 N–H and O–H groups in total. The molecule has 0 fully saturated rings. The van der Waals surface area contributed by atoms with Gasteiger partial charge >= 0.3 is 0 Å². The smallest absolute Gasteiger partial charge is 0.122 e. The molecule has 1 nitrogen and oxygen atoms in total. The SMILES string of the molecule is Cc1ccc(Cc2ccccc2)c(O)c1Cc1ccccc1. The number of aryl methyl sites for hydroxylation is 1. The highest BCUT2D eigenvalue weighted by atomic mass is 16.3. The van der Waals surface area contributed by atoms with Crippen molar-refractivity contribution in [3.05, 3.63) is 101 Å². The molecule has 0 atom stereocenters. The normalized spacial score (nSPS) is 10.6. The van der Waals surface area contributed by atoms with Crippen molar-refractivity contribution in [2.24, 2.45) is 0 Å². The standard InChI is InChI=1S/C21H20O/c1-16-12-13-19(14-17-8-4-2-5-9-17)21(22)20(16)15-18-10-6-3-7-11-18/h2-13,22H,14-15H2,1H3. The first-order valence-corrected chi connectivity index (χ1v) is 7.62. The lowest BCUT2D eigenvalue weighted by molar-refractivity contribution is 0.463. The Hall–Kier alpha value is -2.54. The molecule has 0 aromatic heterocycles. The van der Waals surface area contributed by atoms with E-state index in [1.54, 1.807) is 0 Å². The maximum absolute atomic E-state index is 10.7. The molecule has 3 aromatic carbocycles. The summed E-state index contributed by atoms with van der Waals surface area (Å²) in [4.78, 5) is 0. The Labute approximate surface area is 131 Å². The van der Waals surface area contributed by atoms with E-state index < -0.39 is 0 Å². The van der Waals surface area contributed by atoms with Crippen LogP contribution in [0.4, 0.5) is 0 Å². The third-order valence-electron chi connectivity index (χ3n) is 4.06. The molecule has 0 unspecified atom stereocenters. The van der Waals surface area contributed by atoms with E-state index in [0.29, 0.717) is 5.75 Å². The monoisotopic (exact) mass is 288 g/mol. The second-order valence-corrected chi connectivity index (χ2v) is 5.69. The minimum Gasteiger partial charge on any atom is -0.507 e. The van der Waals surface area contributed by atoms with Gasteiger partial charge in [0.1, 0.15) is 5.75 Å². The summed E-state index contributed by atoms with van der Waals surface area (Å²) in [5, 5.41) is 10.7. The van der Waals surface area contributed by atoms with Gasteiger partial charge in [-0.25, -0.2) is 0 Å². The Morgan fingerprint density at radius 1 is 0.682 bits per heavy atom. The highest BCUT2D eigenvalue weighted by Gasteiger charge is 2.11. The van der Waals surface area contributed by atoms with Gasteiger partial charge in [0.15, 0.2) is 0 Å². The second-order valence-electron chi connectivity index (χ2n) is 5.69. The fourth-order valence-corrected chi connectivity index (χ4v) is 2.77. The molecule has 0 bridgehead atoms. The van der Waals surface area contributed by atoms with Gasteiger partial charge in [0.25, 0.3) is 0 Å². The van der Waals surface area contributed by atoms with Crippen LogP contribution < -0.4 is 0 Å². The third kappa shape index (κ3) is 3.20. The number of benzene rings is 3. The zero-order chi connectivity index (χ0) is 15.4. The number of aromatic hydroxyl groups is 1. The van der Waals surface area contributed by atoms with Crippen LogP contribution in [0.1, 0.15) is 27.8 Å². The number of phenols is 1. The lowest BCUT2D eigenvalue weighted by Crippen LogP contribution is -1.97. The summed E-state index contributed by atoms with van der Waals surface area (Å²) in [7, 11) is 0. The van der Waals surface area contributed by atoms with Gasteiger partial charge in [-0.1, -0.05) is 72.8 Å². The molecule has 0 heterocycles. The summed E-state index contributed by atoms with van der Waals surface area (Å²) >= 11 is 0. The molecule has 110 valence electrons. The maximum atomic E-state index is 10.7. The van der Waals surface area contributed by atoms with Crippen molar-refractivity contribution >= 4 is 0 Å². The Kier molecular flexibility index (Phi) is 4.24. The zero-order valence-corrected chi connectivity index (χ0v) is 12.8. The van der Waals surface area contributed by atoms with Crippen molar-refractivity contribution in [2.75, 3.05) is 0 Å². The first-order chi connectivity index (χ1) is 10.7. The third-order valence-corrected chi connectivity index (χ3v) is 4.06. The zero-order valence-electron chi connectivity index (χ0n) is 12.8. The molecule has 22 heavy (non-hydrogen) atoms. The van der Waals surface area contributed by atoms with Gasteiger partial charge in [0, 0.05) is 18.4 Å². The highest BCUT2D eigenvalue weighted by Crippen LogP contribution is 2.29. The Bertz CT molecular complexity index is 746. The van der Waals surface area contributed by atoms with Crippen LogP contribution in [-0.2, 0) is 12.8 Å². The quantitative estimate of drug-likeness (QED) is 0.725. The molecule has 0 saturated carbocycles. The van der Waals surface area contributed by atoms with Crippen LogP contribution in [0.3, 0.4) is 0 Å². The molecule has 0 radical (unpaired) electrons. The number of phenolic OH excluding ortho intramolecular Hbond substituents is 1. The van der Waals surface area contributed by atoms with Gasteiger partial charge in [-0.05, 0) is 29.2 Å². The molecule has 0 aliphatic rings. The summed E-state index contributed by atoms with van der Waals surface area (Å²) < 4.78 is 0. The predicted molar refractivity (Wildman–Crippen MR) is 91.3 cm³/mol. The van der Waals surface area contributed by atoms with Gasteiger partial charge in [-0.2, -0.15) is 0 Å². The predicted octanol–water partition coefficient (Wildman–Crippen LogP) is 4.88. The Balaban J connectivity index is 1.92. The molecule has 0 aliphatic carbocycles. The fourth-order valence-electron chi connectivity index (χ4n) is 2.77. The average molecular weight is 288 g/mol. The number of hydrogen-bond donors (Lipinski definition) is 1. The van der Waals surface area contributed by atoms with Crippen molar-refractivity contribution in [3.63, 3.8) is 0 Å². The van der Waals surface area contributed by atoms with Crippen LogP contribution in [0.5, 0.6) is 5.75 Å². The lowest BCUT2D eigenvalue weighted by atomic mass is 9.94. The van der Waals surface area contributed by atoms with E-state index in [9.17, 15) is 5.11 Å². The summed E-state index contributed by atoms with van der Waals surface area (Å²) in [6.45, 7) is 2.06. The van der Waals surface area contributed by atoms with Gasteiger partial charge in [0.05, 0.1) is 0 Å².